The first-order valence-corrected chi connectivity index (χ1v) is 9.22. The molecule has 0 aromatic carbocycles. The molecular formula is C18H28N2O4. The van der Waals surface area contributed by atoms with Gasteiger partial charge in [-0.2, -0.15) is 0 Å². The largest absolute Gasteiger partial charge is 0.444 e. The molecule has 134 valence electrons. The molecule has 4 aliphatic rings. The van der Waals surface area contributed by atoms with Crippen LogP contribution in [0.3, 0.4) is 0 Å². The number of carbonyl (C=O) groups excluding carboxylic acids is 2. The second kappa shape index (κ2) is 5.35. The average Bonchev–Trinajstić information content (AvgIpc) is 2.84. The van der Waals surface area contributed by atoms with Gasteiger partial charge in [0.25, 0.3) is 0 Å². The highest BCUT2D eigenvalue weighted by Gasteiger charge is 2.65. The number of carbonyl (C=O) groups is 2. The van der Waals surface area contributed by atoms with Gasteiger partial charge < -0.3 is 15.2 Å². The minimum Gasteiger partial charge on any atom is -0.444 e. The number of aliphatic hydroxyl groups is 1. The van der Waals surface area contributed by atoms with Crippen molar-refractivity contribution < 1.29 is 19.4 Å². The predicted octanol–water partition coefficient (Wildman–Crippen LogP) is 1.52. The molecule has 1 aliphatic heterocycles. The summed E-state index contributed by atoms with van der Waals surface area (Å²) in [6.45, 7) is 5.56. The molecule has 2 bridgehead atoms. The van der Waals surface area contributed by atoms with E-state index in [1.807, 2.05) is 0 Å². The van der Waals surface area contributed by atoms with Gasteiger partial charge in [0.1, 0.15) is 11.6 Å². The van der Waals surface area contributed by atoms with Crippen LogP contribution in [0.4, 0.5) is 4.79 Å². The molecule has 0 aromatic heterocycles. The van der Waals surface area contributed by atoms with Gasteiger partial charge in [-0.1, -0.05) is 0 Å². The number of hydrogen-bond acceptors (Lipinski definition) is 4. The lowest BCUT2D eigenvalue weighted by Crippen LogP contribution is -2.48. The van der Waals surface area contributed by atoms with Crippen LogP contribution in [0.25, 0.3) is 0 Å². The first-order chi connectivity index (χ1) is 11.2. The first kappa shape index (κ1) is 16.2. The maximum Gasteiger partial charge on any atom is 0.411 e. The number of rotatable bonds is 2. The number of ether oxygens (including phenoxy) is 1. The number of hydrogen-bond donors (Lipinski definition) is 2. The Morgan fingerprint density at radius 3 is 2.33 bits per heavy atom. The Bertz CT molecular complexity index is 542. The van der Waals surface area contributed by atoms with Gasteiger partial charge >= 0.3 is 6.09 Å². The average molecular weight is 336 g/mol. The minimum atomic E-state index is -0.664. The Hall–Kier alpha value is -1.30. The third kappa shape index (κ3) is 2.68. The summed E-state index contributed by atoms with van der Waals surface area (Å²) in [6.07, 6.45) is 3.07. The van der Waals surface area contributed by atoms with E-state index in [-0.39, 0.29) is 12.5 Å². The lowest BCUT2D eigenvalue weighted by molar-refractivity contribution is -0.125. The maximum atomic E-state index is 12.7. The Balaban J connectivity index is 1.39. The number of likely N-dealkylation sites (tertiary alicyclic amines) is 1. The number of fused-ring (bicyclic) bond motifs is 5. The van der Waals surface area contributed by atoms with Gasteiger partial charge in [-0.25, -0.2) is 4.79 Å². The van der Waals surface area contributed by atoms with E-state index < -0.39 is 23.8 Å². The molecule has 6 nitrogen and oxygen atoms in total. The van der Waals surface area contributed by atoms with Crippen molar-refractivity contribution in [3.05, 3.63) is 0 Å². The van der Waals surface area contributed by atoms with Crippen LogP contribution in [-0.2, 0) is 9.53 Å². The van der Waals surface area contributed by atoms with E-state index in [1.165, 1.54) is 24.2 Å². The van der Waals surface area contributed by atoms with E-state index in [1.54, 1.807) is 20.8 Å². The van der Waals surface area contributed by atoms with Crippen molar-refractivity contribution >= 4 is 12.0 Å². The number of nitrogens with zero attached hydrogens (tertiary/aromatic N) is 1. The Labute approximate surface area is 142 Å². The second-order valence-corrected chi connectivity index (χ2v) is 9.06. The number of aliphatic hydroxyl groups excluding tert-OH is 1. The molecule has 6 heteroatoms. The van der Waals surface area contributed by atoms with E-state index in [9.17, 15) is 14.7 Å². The minimum absolute atomic E-state index is 0.129. The highest BCUT2D eigenvalue weighted by atomic mass is 16.6. The fourth-order valence-electron chi connectivity index (χ4n) is 5.36. The number of nitrogens with one attached hydrogen (secondary N) is 1. The molecule has 1 heterocycles. The second-order valence-electron chi connectivity index (χ2n) is 9.06. The zero-order chi connectivity index (χ0) is 17.2. The summed E-state index contributed by atoms with van der Waals surface area (Å²) in [4.78, 5) is 26.4. The van der Waals surface area contributed by atoms with Crippen LogP contribution in [0.1, 0.15) is 46.5 Å². The molecule has 6 atom stereocenters. The summed E-state index contributed by atoms with van der Waals surface area (Å²) in [5, 5.41) is 13.1. The van der Waals surface area contributed by atoms with Gasteiger partial charge in [-0.15, -0.1) is 0 Å². The SMILES string of the molecule is CC(C)(C)OC(=O)N1C[C@H](O)C[C@@H]1C(=O)NC1[C@@H]2[C@H]3CC[C@@H](C3)[C@@H]12. The number of amides is 2. The molecule has 1 saturated heterocycles. The molecule has 0 unspecified atom stereocenters. The first-order valence-electron chi connectivity index (χ1n) is 9.22. The Kier molecular flexibility index (Phi) is 3.61. The zero-order valence-electron chi connectivity index (χ0n) is 14.7. The standard InChI is InChI=1S/C18H28N2O4/c1-18(2,3)24-17(23)20-8-11(21)7-12(20)16(22)19-15-13-9-4-5-10(6-9)14(13)15/h9-15,21H,4-8H2,1-3H3,(H,19,22)/t9-,10-,11+,12+,13+,14+/m0/s1. The van der Waals surface area contributed by atoms with Crippen molar-refractivity contribution in [2.45, 2.75) is 70.2 Å². The van der Waals surface area contributed by atoms with Crippen LogP contribution in [0.5, 0.6) is 0 Å². The fraction of sp³-hybridized carbons (Fsp3) is 0.889. The molecule has 0 radical (unpaired) electrons. The third-order valence-electron chi connectivity index (χ3n) is 6.25. The van der Waals surface area contributed by atoms with Gasteiger partial charge in [-0.05, 0) is 63.7 Å². The molecule has 3 saturated carbocycles. The summed E-state index contributed by atoms with van der Waals surface area (Å²) in [6, 6.07) is -0.323. The molecule has 0 spiro atoms. The normalized spacial score (nSPS) is 42.8. The molecule has 2 amide bonds. The van der Waals surface area contributed by atoms with Crippen molar-refractivity contribution in [1.29, 1.82) is 0 Å². The summed E-state index contributed by atoms with van der Waals surface area (Å²) in [5.74, 6) is 2.78. The van der Waals surface area contributed by atoms with E-state index in [4.69, 9.17) is 4.74 Å². The lowest BCUT2D eigenvalue weighted by atomic mass is 10.0. The molecule has 0 aromatic rings. The van der Waals surface area contributed by atoms with Crippen molar-refractivity contribution in [3.8, 4) is 0 Å². The molecule has 4 rings (SSSR count). The monoisotopic (exact) mass is 336 g/mol. The highest BCUT2D eigenvalue weighted by Crippen LogP contribution is 2.65. The molecule has 24 heavy (non-hydrogen) atoms. The maximum absolute atomic E-state index is 12.7. The van der Waals surface area contributed by atoms with E-state index >= 15 is 0 Å². The van der Waals surface area contributed by atoms with Gasteiger partial charge in [0.05, 0.1) is 12.6 Å². The van der Waals surface area contributed by atoms with Crippen molar-refractivity contribution in [1.82, 2.24) is 10.2 Å². The lowest BCUT2D eigenvalue weighted by Gasteiger charge is -2.28. The van der Waals surface area contributed by atoms with Crippen LogP contribution in [-0.4, -0.2) is 52.3 Å². The summed E-state index contributed by atoms with van der Waals surface area (Å²) < 4.78 is 5.39. The third-order valence-corrected chi connectivity index (χ3v) is 6.25. The van der Waals surface area contributed by atoms with E-state index in [0.717, 1.165) is 11.8 Å². The molecular weight excluding hydrogens is 308 g/mol. The van der Waals surface area contributed by atoms with Gasteiger partial charge in [-0.3, -0.25) is 9.69 Å². The van der Waals surface area contributed by atoms with Crippen LogP contribution in [0.15, 0.2) is 0 Å². The van der Waals surface area contributed by atoms with Crippen LogP contribution in [0.2, 0.25) is 0 Å². The van der Waals surface area contributed by atoms with Crippen LogP contribution in [0, 0.1) is 23.7 Å². The van der Waals surface area contributed by atoms with E-state index in [0.29, 0.717) is 24.3 Å². The smallest absolute Gasteiger partial charge is 0.411 e. The van der Waals surface area contributed by atoms with Gasteiger partial charge in [0.15, 0.2) is 0 Å². The fourth-order valence-corrected chi connectivity index (χ4v) is 5.36. The Morgan fingerprint density at radius 1 is 1.12 bits per heavy atom. The van der Waals surface area contributed by atoms with Crippen LogP contribution < -0.4 is 5.32 Å². The van der Waals surface area contributed by atoms with Crippen molar-refractivity contribution in [2.75, 3.05) is 6.54 Å². The van der Waals surface area contributed by atoms with Gasteiger partial charge in [0.2, 0.25) is 5.91 Å². The van der Waals surface area contributed by atoms with E-state index in [2.05, 4.69) is 5.32 Å². The van der Waals surface area contributed by atoms with Crippen molar-refractivity contribution in [3.63, 3.8) is 0 Å². The van der Waals surface area contributed by atoms with Gasteiger partial charge in [0, 0.05) is 12.5 Å². The number of β-amino-alcohol motifs (C(OH)–C–C–N with tert-alkyl or cyclic N) is 1. The summed E-state index contributed by atoms with van der Waals surface area (Å²) >= 11 is 0. The predicted molar refractivity (Wildman–Crippen MR) is 87.1 cm³/mol. The molecule has 2 N–H and O–H groups in total. The molecule has 3 aliphatic carbocycles. The molecule has 4 fully saturated rings. The zero-order valence-corrected chi connectivity index (χ0v) is 14.7. The summed E-state index contributed by atoms with van der Waals surface area (Å²) in [5.41, 5.74) is -0.613. The topological polar surface area (TPSA) is 78.9 Å². The Morgan fingerprint density at radius 2 is 1.75 bits per heavy atom. The highest BCUT2D eigenvalue weighted by molar-refractivity contribution is 5.87. The summed E-state index contributed by atoms with van der Waals surface area (Å²) in [7, 11) is 0. The quantitative estimate of drug-likeness (QED) is 0.801. The van der Waals surface area contributed by atoms with Crippen molar-refractivity contribution in [2.24, 2.45) is 23.7 Å². The van der Waals surface area contributed by atoms with Crippen LogP contribution >= 0.6 is 0 Å².